The number of aromatic nitrogens is 6. The van der Waals surface area contributed by atoms with Gasteiger partial charge in [-0.25, -0.2) is 19.7 Å². The highest BCUT2D eigenvalue weighted by Gasteiger charge is 2.37. The van der Waals surface area contributed by atoms with Crippen molar-refractivity contribution >= 4 is 37.8 Å². The third-order valence-corrected chi connectivity index (χ3v) is 5.99. The van der Waals surface area contributed by atoms with Gasteiger partial charge in [0, 0.05) is 47.7 Å². The first kappa shape index (κ1) is 25.6. The molecular weight excluding hydrogens is 491 g/mol. The molecule has 1 aliphatic heterocycles. The van der Waals surface area contributed by atoms with Crippen molar-refractivity contribution in [1.29, 1.82) is 0 Å². The number of rotatable bonds is 11. The van der Waals surface area contributed by atoms with E-state index in [4.69, 9.17) is 14.0 Å². The largest absolute Gasteiger partial charge is 0.378 e. The molecule has 0 bridgehead atoms. The standard InChI is InChI=1S/C21H27N8O6P/c1-33-13-7-16(35-14(13)9-34-36-2)29-8-12(20(31)28-21(29)32)3-4-15(30)22-5-6-23-18-17-19(25-10-24-17)27-11-26-18/h3-4,8,10-11,13-14,16,36H,5-7,9H2,1-2H3,(H,22,30)(H,28,31,32)(H2,23,24,25,26,27)/b4-3+/t13?,14-,16-/m1/s1. The van der Waals surface area contributed by atoms with Crippen molar-refractivity contribution in [2.75, 3.05) is 38.8 Å². The first-order valence-corrected chi connectivity index (χ1v) is 12.6. The minimum absolute atomic E-state index is 0.137. The molecule has 1 aliphatic rings. The molecule has 4 N–H and O–H groups in total. The molecule has 0 spiro atoms. The Bertz CT molecular complexity index is 1340. The highest BCUT2D eigenvalue weighted by Crippen LogP contribution is 2.30. The van der Waals surface area contributed by atoms with E-state index in [-0.39, 0.29) is 17.8 Å². The van der Waals surface area contributed by atoms with E-state index < -0.39 is 23.4 Å². The molecule has 14 nitrogen and oxygen atoms in total. The van der Waals surface area contributed by atoms with E-state index in [1.807, 2.05) is 6.66 Å². The molecule has 4 heterocycles. The molecule has 192 valence electrons. The Labute approximate surface area is 206 Å². The summed E-state index contributed by atoms with van der Waals surface area (Å²) in [6, 6.07) is 0. The second kappa shape index (κ2) is 12.0. The summed E-state index contributed by atoms with van der Waals surface area (Å²) in [7, 11) is 1.87. The lowest BCUT2D eigenvalue weighted by Crippen LogP contribution is -2.33. The van der Waals surface area contributed by atoms with Gasteiger partial charge in [-0.15, -0.1) is 0 Å². The fourth-order valence-electron chi connectivity index (χ4n) is 3.76. The first-order valence-electron chi connectivity index (χ1n) is 11.2. The summed E-state index contributed by atoms with van der Waals surface area (Å²) >= 11 is 0. The second-order valence-corrected chi connectivity index (χ2v) is 8.48. The van der Waals surface area contributed by atoms with Crippen LogP contribution in [0.5, 0.6) is 0 Å². The van der Waals surface area contributed by atoms with Crippen LogP contribution >= 0.6 is 8.81 Å². The minimum Gasteiger partial charge on any atom is -0.378 e. The molecular formula is C21H27N8O6P. The van der Waals surface area contributed by atoms with Gasteiger partial charge in [0.25, 0.3) is 5.56 Å². The number of hydrogen-bond acceptors (Lipinski definition) is 10. The van der Waals surface area contributed by atoms with Crippen molar-refractivity contribution in [2.45, 2.75) is 24.9 Å². The average Bonchev–Trinajstić information content (AvgIpc) is 3.52. The van der Waals surface area contributed by atoms with E-state index in [1.54, 1.807) is 7.11 Å². The molecule has 0 aromatic carbocycles. The zero-order chi connectivity index (χ0) is 25.5. The summed E-state index contributed by atoms with van der Waals surface area (Å²) in [5.41, 5.74) is 0.130. The van der Waals surface area contributed by atoms with Crippen LogP contribution in [-0.4, -0.2) is 81.1 Å². The molecule has 15 heteroatoms. The van der Waals surface area contributed by atoms with Crippen LogP contribution in [0.25, 0.3) is 17.2 Å². The molecule has 0 saturated carbocycles. The van der Waals surface area contributed by atoms with Gasteiger partial charge in [0.15, 0.2) is 11.5 Å². The van der Waals surface area contributed by atoms with Gasteiger partial charge in [-0.3, -0.25) is 19.1 Å². The first-order chi connectivity index (χ1) is 17.5. The second-order valence-electron chi connectivity index (χ2n) is 7.78. The number of anilines is 1. The van der Waals surface area contributed by atoms with Crippen LogP contribution in [0, 0.1) is 0 Å². The summed E-state index contributed by atoms with van der Waals surface area (Å²) in [5.74, 6) is 0.169. The molecule has 1 saturated heterocycles. The van der Waals surface area contributed by atoms with Crippen molar-refractivity contribution in [3.05, 3.63) is 51.3 Å². The summed E-state index contributed by atoms with van der Waals surface area (Å²) in [6.45, 7) is 2.95. The molecule has 2 unspecified atom stereocenters. The third-order valence-electron chi connectivity index (χ3n) is 5.53. The van der Waals surface area contributed by atoms with E-state index in [0.717, 1.165) is 0 Å². The molecule has 0 radical (unpaired) electrons. The number of carbonyl (C=O) groups is 1. The van der Waals surface area contributed by atoms with Gasteiger partial charge in [0.05, 0.1) is 24.6 Å². The minimum atomic E-state index is -0.636. The molecule has 3 aromatic heterocycles. The molecule has 4 atom stereocenters. The Morgan fingerprint density at radius 3 is 3.00 bits per heavy atom. The number of nitrogens with zero attached hydrogens (tertiary/aromatic N) is 4. The van der Waals surface area contributed by atoms with E-state index in [9.17, 15) is 14.4 Å². The number of aromatic amines is 2. The van der Waals surface area contributed by atoms with Crippen molar-refractivity contribution in [3.63, 3.8) is 0 Å². The number of methoxy groups -OCH3 is 1. The van der Waals surface area contributed by atoms with Gasteiger partial charge >= 0.3 is 5.69 Å². The fraction of sp³-hybridized carbons (Fsp3) is 0.429. The van der Waals surface area contributed by atoms with Gasteiger partial charge in [0.1, 0.15) is 24.2 Å². The van der Waals surface area contributed by atoms with Crippen LogP contribution in [-0.2, 0) is 18.8 Å². The van der Waals surface area contributed by atoms with Crippen molar-refractivity contribution in [2.24, 2.45) is 0 Å². The normalized spacial score (nSPS) is 20.1. The quantitative estimate of drug-likeness (QED) is 0.153. The number of imidazole rings is 1. The van der Waals surface area contributed by atoms with Gasteiger partial charge in [0.2, 0.25) is 5.91 Å². The molecule has 3 aromatic rings. The van der Waals surface area contributed by atoms with Crippen LogP contribution in [0.3, 0.4) is 0 Å². The zero-order valence-corrected chi connectivity index (χ0v) is 20.7. The summed E-state index contributed by atoms with van der Waals surface area (Å²) in [5, 5.41) is 5.81. The number of fused-ring (bicyclic) bond motifs is 1. The van der Waals surface area contributed by atoms with Crippen molar-refractivity contribution < 1.29 is 18.8 Å². The maximum atomic E-state index is 12.4. The van der Waals surface area contributed by atoms with Gasteiger partial charge in [-0.05, 0) is 12.7 Å². The Kier molecular flexibility index (Phi) is 8.54. The summed E-state index contributed by atoms with van der Waals surface area (Å²) < 4.78 is 18.2. The zero-order valence-electron chi connectivity index (χ0n) is 19.7. The molecule has 1 fully saturated rings. The van der Waals surface area contributed by atoms with E-state index in [1.165, 1.54) is 35.6 Å². The molecule has 4 rings (SSSR count). The van der Waals surface area contributed by atoms with Crippen LogP contribution in [0.2, 0.25) is 0 Å². The Morgan fingerprint density at radius 1 is 1.33 bits per heavy atom. The lowest BCUT2D eigenvalue weighted by molar-refractivity contribution is -0.116. The highest BCUT2D eigenvalue weighted by atomic mass is 31.1. The Morgan fingerprint density at radius 2 is 2.19 bits per heavy atom. The topological polar surface area (TPSA) is 178 Å². The Balaban J connectivity index is 1.34. The number of amides is 1. The molecule has 1 amide bonds. The van der Waals surface area contributed by atoms with Crippen molar-refractivity contribution in [1.82, 2.24) is 34.8 Å². The average molecular weight is 518 g/mol. The van der Waals surface area contributed by atoms with Crippen LogP contribution in [0.4, 0.5) is 5.82 Å². The lowest BCUT2D eigenvalue weighted by atomic mass is 10.2. The highest BCUT2D eigenvalue weighted by molar-refractivity contribution is 7.31. The van der Waals surface area contributed by atoms with E-state index in [2.05, 4.69) is 35.6 Å². The number of hydrogen-bond donors (Lipinski definition) is 4. The van der Waals surface area contributed by atoms with Crippen LogP contribution in [0.1, 0.15) is 18.2 Å². The number of ether oxygens (including phenoxy) is 2. The maximum absolute atomic E-state index is 12.4. The summed E-state index contributed by atoms with van der Waals surface area (Å²) in [4.78, 5) is 54.4. The van der Waals surface area contributed by atoms with Gasteiger partial charge in [-0.2, -0.15) is 0 Å². The van der Waals surface area contributed by atoms with E-state index >= 15 is 0 Å². The summed E-state index contributed by atoms with van der Waals surface area (Å²) in [6.07, 6.45) is 6.05. The smallest absolute Gasteiger partial charge is 0.330 e. The fourth-order valence-corrected chi connectivity index (χ4v) is 4.09. The third kappa shape index (κ3) is 6.02. The molecule has 36 heavy (non-hydrogen) atoms. The van der Waals surface area contributed by atoms with Gasteiger partial charge < -0.3 is 29.6 Å². The predicted molar refractivity (Wildman–Crippen MR) is 133 cm³/mol. The van der Waals surface area contributed by atoms with Crippen molar-refractivity contribution in [3.8, 4) is 0 Å². The SMILES string of the molecule is COC1C[C@H](n2cc(/C=C/C(=O)NCCNc3ncnc4nc[nH]c34)c(=O)[nH]c2=O)O[C@@H]1COPC. The monoisotopic (exact) mass is 518 g/mol. The van der Waals surface area contributed by atoms with Gasteiger partial charge in [-0.1, -0.05) is 0 Å². The van der Waals surface area contributed by atoms with Crippen LogP contribution in [0.15, 0.2) is 34.5 Å². The van der Waals surface area contributed by atoms with Crippen LogP contribution < -0.4 is 21.9 Å². The number of H-pyrrole nitrogens is 2. The Hall–Kier alpha value is -3.45. The maximum Gasteiger partial charge on any atom is 0.330 e. The lowest BCUT2D eigenvalue weighted by Gasteiger charge is -2.17. The molecule has 0 aliphatic carbocycles. The predicted octanol–water partition coefficient (Wildman–Crippen LogP) is -0.0132. The number of nitrogens with one attached hydrogen (secondary N) is 4. The number of carbonyl (C=O) groups excluding carboxylic acids is 1. The van der Waals surface area contributed by atoms with E-state index in [0.29, 0.717) is 51.9 Å².